The fraction of sp³-hybridized carbons (Fsp3) is 0.259. The Kier molecular flexibility index (Phi) is 7.11. The summed E-state index contributed by atoms with van der Waals surface area (Å²) >= 11 is 1.62. The van der Waals surface area contributed by atoms with E-state index in [1.54, 1.807) is 42.5 Å². The van der Waals surface area contributed by atoms with Crippen LogP contribution in [0.15, 0.2) is 52.4 Å². The molecule has 0 bridgehead atoms. The number of H-pyrrole nitrogens is 2. The van der Waals surface area contributed by atoms with Gasteiger partial charge in [0.05, 0.1) is 16.0 Å². The quantitative estimate of drug-likeness (QED) is 0.262. The summed E-state index contributed by atoms with van der Waals surface area (Å²) in [5.74, 6) is -0.141. The topological polar surface area (TPSA) is 156 Å². The number of thiophene rings is 1. The van der Waals surface area contributed by atoms with Crippen molar-refractivity contribution in [1.82, 2.24) is 25.6 Å². The highest BCUT2D eigenvalue weighted by Gasteiger charge is 2.35. The molecule has 12 heteroatoms. The minimum atomic E-state index is -0.677. The monoisotopic (exact) mass is 546 g/mol. The number of carbonyl (C=O) groups is 3. The molecule has 3 N–H and O–H groups in total. The third-order valence-corrected chi connectivity index (χ3v) is 6.94. The second kappa shape index (κ2) is 10.7. The first-order valence-corrected chi connectivity index (χ1v) is 13.1. The summed E-state index contributed by atoms with van der Waals surface area (Å²) in [5.41, 5.74) is 3.54. The lowest BCUT2D eigenvalue weighted by Crippen LogP contribution is -2.26. The number of aromatic nitrogens is 5. The molecule has 6 rings (SSSR count). The van der Waals surface area contributed by atoms with Gasteiger partial charge in [0.2, 0.25) is 0 Å². The van der Waals surface area contributed by atoms with Crippen molar-refractivity contribution in [2.75, 3.05) is 11.9 Å². The normalized spacial score (nSPS) is 13.9. The largest absolute Gasteiger partial charge is 0.451 e. The van der Waals surface area contributed by atoms with Gasteiger partial charge in [-0.2, -0.15) is 10.2 Å². The number of amides is 1. The first-order valence-electron chi connectivity index (χ1n) is 12.2. The summed E-state index contributed by atoms with van der Waals surface area (Å²) in [5, 5.41) is 22.7. The Hall–Kier alpha value is -4.58. The Labute approximate surface area is 226 Å². The molecule has 0 spiro atoms. The van der Waals surface area contributed by atoms with Crippen molar-refractivity contribution in [3.8, 4) is 10.6 Å². The molecule has 4 aromatic heterocycles. The Morgan fingerprint density at radius 1 is 1.13 bits per heavy atom. The molecule has 200 valence electrons. The molecule has 11 nitrogen and oxygen atoms in total. The molecule has 1 aromatic carbocycles. The molecular formula is C27H26N6O5S. The van der Waals surface area contributed by atoms with E-state index in [9.17, 15) is 14.4 Å². The van der Waals surface area contributed by atoms with Gasteiger partial charge in [0.15, 0.2) is 23.9 Å². The molecule has 1 amide bonds. The van der Waals surface area contributed by atoms with Crippen molar-refractivity contribution in [1.29, 1.82) is 0 Å². The molecule has 0 unspecified atom stereocenters. The van der Waals surface area contributed by atoms with Crippen LogP contribution in [0.1, 0.15) is 52.6 Å². The van der Waals surface area contributed by atoms with Gasteiger partial charge in [0.1, 0.15) is 11.5 Å². The van der Waals surface area contributed by atoms with Crippen LogP contribution < -0.4 is 5.32 Å². The van der Waals surface area contributed by atoms with Crippen LogP contribution in [0, 0.1) is 12.3 Å². The van der Waals surface area contributed by atoms with E-state index < -0.39 is 18.5 Å². The van der Waals surface area contributed by atoms with Crippen LogP contribution in [-0.2, 0) is 16.0 Å². The van der Waals surface area contributed by atoms with Crippen LogP contribution in [0.5, 0.6) is 0 Å². The first-order chi connectivity index (χ1) is 18.7. The zero-order chi connectivity index (χ0) is 27.6. The van der Waals surface area contributed by atoms with Gasteiger partial charge in [0, 0.05) is 23.6 Å². The standard InChI is InChI=1S/C14H12N4O4.C13H14N2OS/c1-8-6-11(18-22-8)15-12(19)7-21-14(20)13-9-4-2-3-5-10(9)16-17-13;1-13(2)6-8-11(9(16)7-13)12(15-14-8)10-4-3-5-17-10/h2-6H,7H2,1H3,(H,16,17)(H,15,18,19);3-5H,6-7H2,1-2H3,(H,14,15). The second-order valence-corrected chi connectivity index (χ2v) is 10.9. The summed E-state index contributed by atoms with van der Waals surface area (Å²) in [7, 11) is 0. The summed E-state index contributed by atoms with van der Waals surface area (Å²) in [6.45, 7) is 5.51. The van der Waals surface area contributed by atoms with Crippen LogP contribution in [0.3, 0.4) is 0 Å². The van der Waals surface area contributed by atoms with E-state index in [0.717, 1.165) is 33.8 Å². The minimum Gasteiger partial charge on any atom is -0.451 e. The average Bonchev–Trinajstić information content (AvgIpc) is 3.69. The highest BCUT2D eigenvalue weighted by Crippen LogP contribution is 2.38. The minimum absolute atomic E-state index is 0.0450. The molecule has 0 aliphatic heterocycles. The Balaban J connectivity index is 0.000000163. The zero-order valence-corrected chi connectivity index (χ0v) is 22.3. The van der Waals surface area contributed by atoms with E-state index >= 15 is 0 Å². The smallest absolute Gasteiger partial charge is 0.359 e. The second-order valence-electron chi connectivity index (χ2n) is 9.91. The number of ether oxygens (including phenoxy) is 1. The number of nitrogens with zero attached hydrogens (tertiary/aromatic N) is 3. The number of hydrogen-bond donors (Lipinski definition) is 3. The van der Waals surface area contributed by atoms with Gasteiger partial charge in [-0.05, 0) is 36.3 Å². The maximum Gasteiger partial charge on any atom is 0.359 e. The van der Waals surface area contributed by atoms with Crippen molar-refractivity contribution in [3.63, 3.8) is 0 Å². The molecule has 39 heavy (non-hydrogen) atoms. The summed E-state index contributed by atoms with van der Waals surface area (Å²) in [6, 6.07) is 12.7. The number of nitrogens with one attached hydrogen (secondary N) is 3. The SMILES string of the molecule is CC1(C)CC(=O)c2c(-c3cccs3)n[nH]c2C1.Cc1cc(NC(=O)COC(=O)c2n[nH]c3ccccc23)no1. The van der Waals surface area contributed by atoms with Crippen LogP contribution in [0.2, 0.25) is 0 Å². The van der Waals surface area contributed by atoms with E-state index in [0.29, 0.717) is 17.6 Å². The first kappa shape index (κ1) is 26.0. The Morgan fingerprint density at radius 3 is 2.69 bits per heavy atom. The number of anilines is 1. The summed E-state index contributed by atoms with van der Waals surface area (Å²) in [6.07, 6.45) is 1.50. The van der Waals surface area contributed by atoms with Crippen molar-refractivity contribution in [2.24, 2.45) is 5.41 Å². The van der Waals surface area contributed by atoms with Gasteiger partial charge in [-0.15, -0.1) is 11.3 Å². The summed E-state index contributed by atoms with van der Waals surface area (Å²) < 4.78 is 9.75. The highest BCUT2D eigenvalue weighted by atomic mass is 32.1. The Morgan fingerprint density at radius 2 is 1.95 bits per heavy atom. The molecule has 0 radical (unpaired) electrons. The number of hydrogen-bond acceptors (Lipinski definition) is 9. The molecule has 1 aliphatic rings. The molecule has 1 aliphatic carbocycles. The molecule has 5 aromatic rings. The molecular weight excluding hydrogens is 520 g/mol. The van der Waals surface area contributed by atoms with Gasteiger partial charge in [-0.25, -0.2) is 4.79 Å². The third-order valence-electron chi connectivity index (χ3n) is 6.06. The van der Waals surface area contributed by atoms with Crippen molar-refractivity contribution in [2.45, 2.75) is 33.6 Å². The number of benzene rings is 1. The number of aryl methyl sites for hydroxylation is 1. The van der Waals surface area contributed by atoms with Gasteiger partial charge in [-0.3, -0.25) is 19.8 Å². The predicted octanol–water partition coefficient (Wildman–Crippen LogP) is 4.95. The van der Waals surface area contributed by atoms with E-state index in [1.807, 2.05) is 23.6 Å². The zero-order valence-electron chi connectivity index (χ0n) is 21.5. The van der Waals surface area contributed by atoms with Gasteiger partial charge >= 0.3 is 5.97 Å². The number of carbonyl (C=O) groups excluding carboxylic acids is 3. The summed E-state index contributed by atoms with van der Waals surface area (Å²) in [4.78, 5) is 36.9. The maximum absolute atomic E-state index is 12.2. The van der Waals surface area contributed by atoms with Gasteiger partial charge in [-0.1, -0.05) is 43.3 Å². The predicted molar refractivity (Wildman–Crippen MR) is 145 cm³/mol. The van der Waals surface area contributed by atoms with E-state index in [4.69, 9.17) is 9.26 Å². The van der Waals surface area contributed by atoms with Crippen molar-refractivity contribution in [3.05, 3.63) is 70.6 Å². The molecule has 0 fully saturated rings. The van der Waals surface area contributed by atoms with Gasteiger partial charge < -0.3 is 14.6 Å². The molecule has 0 atom stereocenters. The van der Waals surface area contributed by atoms with Crippen LogP contribution >= 0.6 is 11.3 Å². The lowest BCUT2D eigenvalue weighted by Gasteiger charge is -2.27. The van der Waals surface area contributed by atoms with Crippen LogP contribution in [0.25, 0.3) is 21.5 Å². The number of para-hydroxylation sites is 1. The number of aromatic amines is 2. The fourth-order valence-corrected chi connectivity index (χ4v) is 5.11. The number of rotatable bonds is 5. The van der Waals surface area contributed by atoms with E-state index in [-0.39, 0.29) is 22.7 Å². The number of fused-ring (bicyclic) bond motifs is 2. The van der Waals surface area contributed by atoms with Gasteiger partial charge in [0.25, 0.3) is 5.91 Å². The van der Waals surface area contributed by atoms with Crippen LogP contribution in [-0.4, -0.2) is 49.8 Å². The van der Waals surface area contributed by atoms with E-state index in [2.05, 4.69) is 44.7 Å². The third kappa shape index (κ3) is 5.80. The van der Waals surface area contributed by atoms with Crippen molar-refractivity contribution >= 4 is 45.7 Å². The maximum atomic E-state index is 12.2. The average molecular weight is 547 g/mol. The molecule has 0 saturated heterocycles. The highest BCUT2D eigenvalue weighted by molar-refractivity contribution is 7.13. The number of Topliss-reactive ketones (excluding diaryl/α,β-unsaturated/α-hetero) is 1. The van der Waals surface area contributed by atoms with Crippen LogP contribution in [0.4, 0.5) is 5.82 Å². The molecule has 4 heterocycles. The fourth-order valence-electron chi connectivity index (χ4n) is 4.38. The number of ketones is 1. The Bertz CT molecular complexity index is 1650. The lowest BCUT2D eigenvalue weighted by molar-refractivity contribution is -0.119. The molecule has 0 saturated carbocycles. The number of esters is 1. The van der Waals surface area contributed by atoms with Crippen molar-refractivity contribution < 1.29 is 23.6 Å². The van der Waals surface area contributed by atoms with E-state index in [1.165, 1.54) is 0 Å². The lowest BCUT2D eigenvalue weighted by atomic mass is 9.75.